The van der Waals surface area contributed by atoms with Crippen molar-refractivity contribution >= 4 is 17.2 Å². The minimum Gasteiger partial charge on any atom is -0.342 e. The summed E-state index contributed by atoms with van der Waals surface area (Å²) in [6, 6.07) is 0. The fourth-order valence-electron chi connectivity index (χ4n) is 3.90. The second-order valence-corrected chi connectivity index (χ2v) is 8.18. The van der Waals surface area contributed by atoms with E-state index in [9.17, 15) is 4.79 Å². The Labute approximate surface area is 143 Å². The number of amides is 1. The number of hydrogen-bond acceptors (Lipinski definition) is 4. The highest BCUT2D eigenvalue weighted by Crippen LogP contribution is 2.30. The van der Waals surface area contributed by atoms with Crippen molar-refractivity contribution in [1.29, 1.82) is 0 Å². The van der Waals surface area contributed by atoms with E-state index < -0.39 is 0 Å². The highest BCUT2D eigenvalue weighted by atomic mass is 32.1. The molecule has 1 aromatic heterocycles. The van der Waals surface area contributed by atoms with Gasteiger partial charge >= 0.3 is 0 Å². The molecule has 2 aliphatic heterocycles. The third-order valence-electron chi connectivity index (χ3n) is 5.40. The number of nitrogens with one attached hydrogen (secondary N) is 1. The molecule has 0 radical (unpaired) electrons. The van der Waals surface area contributed by atoms with Crippen molar-refractivity contribution in [2.75, 3.05) is 26.2 Å². The third kappa shape index (κ3) is 4.32. The first-order valence-electron chi connectivity index (χ1n) is 9.04. The summed E-state index contributed by atoms with van der Waals surface area (Å²) in [4.78, 5) is 19.5. The maximum atomic E-state index is 12.7. The van der Waals surface area contributed by atoms with E-state index in [1.54, 1.807) is 11.3 Å². The number of aromatic nitrogens is 1. The summed E-state index contributed by atoms with van der Waals surface area (Å²) in [7, 11) is 0. The van der Waals surface area contributed by atoms with Gasteiger partial charge in [-0.25, -0.2) is 4.98 Å². The fraction of sp³-hybridized carbons (Fsp3) is 0.778. The van der Waals surface area contributed by atoms with Crippen LogP contribution < -0.4 is 5.32 Å². The quantitative estimate of drug-likeness (QED) is 0.919. The van der Waals surface area contributed by atoms with Crippen molar-refractivity contribution in [3.05, 3.63) is 16.1 Å². The van der Waals surface area contributed by atoms with Crippen LogP contribution in [0.15, 0.2) is 5.38 Å². The number of rotatable bonds is 4. The van der Waals surface area contributed by atoms with E-state index in [0.717, 1.165) is 38.3 Å². The first-order chi connectivity index (χ1) is 11.1. The van der Waals surface area contributed by atoms with Gasteiger partial charge < -0.3 is 10.2 Å². The summed E-state index contributed by atoms with van der Waals surface area (Å²) >= 11 is 1.75. The van der Waals surface area contributed by atoms with E-state index in [4.69, 9.17) is 0 Å². The molecule has 1 N–H and O–H groups in total. The normalized spacial score (nSPS) is 27.0. The van der Waals surface area contributed by atoms with Crippen molar-refractivity contribution in [2.45, 2.75) is 51.9 Å². The first kappa shape index (κ1) is 16.9. The Hall–Kier alpha value is -0.940. The van der Waals surface area contributed by atoms with Crippen molar-refractivity contribution in [2.24, 2.45) is 11.8 Å². The molecule has 0 spiro atoms. The van der Waals surface area contributed by atoms with E-state index in [-0.39, 0.29) is 0 Å². The summed E-state index contributed by atoms with van der Waals surface area (Å²) in [6.45, 7) is 8.30. The van der Waals surface area contributed by atoms with Gasteiger partial charge in [-0.3, -0.25) is 4.79 Å². The Kier molecular flexibility index (Phi) is 5.70. The number of carbonyl (C=O) groups is 1. The molecule has 128 valence electrons. The largest absolute Gasteiger partial charge is 0.342 e. The molecule has 3 unspecified atom stereocenters. The van der Waals surface area contributed by atoms with Gasteiger partial charge in [0, 0.05) is 36.5 Å². The molecule has 3 heterocycles. The fourth-order valence-corrected chi connectivity index (χ4v) is 4.83. The van der Waals surface area contributed by atoms with Crippen molar-refractivity contribution in [3.8, 4) is 0 Å². The second-order valence-electron chi connectivity index (χ2n) is 7.29. The minimum absolute atomic E-state index is 0.348. The van der Waals surface area contributed by atoms with Crippen molar-refractivity contribution in [3.63, 3.8) is 0 Å². The lowest BCUT2D eigenvalue weighted by Crippen LogP contribution is -2.41. The molecular formula is C18H29N3OS. The molecule has 0 saturated carbocycles. The highest BCUT2D eigenvalue weighted by molar-refractivity contribution is 7.09. The van der Waals surface area contributed by atoms with Crippen LogP contribution >= 0.6 is 11.3 Å². The Bertz CT molecular complexity index is 524. The average Bonchev–Trinajstić information content (AvgIpc) is 3.02. The monoisotopic (exact) mass is 335 g/mol. The van der Waals surface area contributed by atoms with Gasteiger partial charge in [-0.15, -0.1) is 11.3 Å². The van der Waals surface area contributed by atoms with Gasteiger partial charge in [0.2, 0.25) is 5.91 Å². The lowest BCUT2D eigenvalue weighted by molar-refractivity contribution is -0.133. The number of carbonyl (C=O) groups excluding carboxylic acids is 1. The van der Waals surface area contributed by atoms with Crippen LogP contribution in [0, 0.1) is 18.8 Å². The van der Waals surface area contributed by atoms with E-state index in [1.165, 1.54) is 24.3 Å². The van der Waals surface area contributed by atoms with Gasteiger partial charge in [-0.1, -0.05) is 6.92 Å². The number of nitrogens with zero attached hydrogens (tertiary/aromatic N) is 2. The molecule has 0 aliphatic carbocycles. The van der Waals surface area contributed by atoms with Crippen LogP contribution in [0.3, 0.4) is 0 Å². The number of aryl methyl sites for hydroxylation is 1. The van der Waals surface area contributed by atoms with Crippen LogP contribution in [0.5, 0.6) is 0 Å². The average molecular weight is 336 g/mol. The lowest BCUT2D eigenvalue weighted by Gasteiger charge is -2.34. The van der Waals surface area contributed by atoms with Gasteiger partial charge in [0.05, 0.1) is 5.01 Å². The third-order valence-corrected chi connectivity index (χ3v) is 6.52. The predicted molar refractivity (Wildman–Crippen MR) is 94.8 cm³/mol. The molecular weight excluding hydrogens is 306 g/mol. The van der Waals surface area contributed by atoms with Gasteiger partial charge in [-0.2, -0.15) is 0 Å². The van der Waals surface area contributed by atoms with Gasteiger partial charge in [0.15, 0.2) is 0 Å². The lowest BCUT2D eigenvalue weighted by atomic mass is 9.85. The van der Waals surface area contributed by atoms with Gasteiger partial charge in [0.1, 0.15) is 0 Å². The molecule has 23 heavy (non-hydrogen) atoms. The molecule has 3 rings (SSSR count). The molecule has 1 amide bonds. The maximum absolute atomic E-state index is 12.7. The summed E-state index contributed by atoms with van der Waals surface area (Å²) in [6.07, 6.45) is 5.49. The predicted octanol–water partition coefficient (Wildman–Crippen LogP) is 3.18. The van der Waals surface area contributed by atoms with Crippen LogP contribution in [0.4, 0.5) is 0 Å². The summed E-state index contributed by atoms with van der Waals surface area (Å²) < 4.78 is 0. The number of thiazole rings is 1. The van der Waals surface area contributed by atoms with Crippen LogP contribution in [0.2, 0.25) is 0 Å². The minimum atomic E-state index is 0.348. The molecule has 2 aliphatic rings. The molecule has 2 fully saturated rings. The van der Waals surface area contributed by atoms with E-state index in [0.29, 0.717) is 30.1 Å². The van der Waals surface area contributed by atoms with E-state index in [1.807, 2.05) is 6.92 Å². The molecule has 2 saturated heterocycles. The number of likely N-dealkylation sites (tertiary alicyclic amines) is 1. The van der Waals surface area contributed by atoms with Crippen LogP contribution in [-0.4, -0.2) is 42.0 Å². The Morgan fingerprint density at radius 3 is 3.04 bits per heavy atom. The molecule has 3 atom stereocenters. The zero-order chi connectivity index (χ0) is 16.2. The second kappa shape index (κ2) is 7.75. The van der Waals surface area contributed by atoms with Gasteiger partial charge in [-0.05, 0) is 57.5 Å². The zero-order valence-corrected chi connectivity index (χ0v) is 15.2. The van der Waals surface area contributed by atoms with Gasteiger partial charge in [0.25, 0.3) is 0 Å². The standard InChI is InChI=1S/C18H29N3OS/c1-13(15-5-3-7-19-10-15)9-17(22)21-8-4-6-16(11-21)18-20-14(2)12-23-18/h12-13,15-16,19H,3-11H2,1-2H3. The van der Waals surface area contributed by atoms with Crippen LogP contribution in [-0.2, 0) is 4.79 Å². The van der Waals surface area contributed by atoms with Crippen molar-refractivity contribution in [1.82, 2.24) is 15.2 Å². The summed E-state index contributed by atoms with van der Waals surface area (Å²) in [5, 5.41) is 6.80. The molecule has 5 heteroatoms. The zero-order valence-electron chi connectivity index (χ0n) is 14.4. The Morgan fingerprint density at radius 2 is 2.35 bits per heavy atom. The van der Waals surface area contributed by atoms with E-state index >= 15 is 0 Å². The maximum Gasteiger partial charge on any atom is 0.222 e. The highest BCUT2D eigenvalue weighted by Gasteiger charge is 2.29. The first-order valence-corrected chi connectivity index (χ1v) is 9.92. The summed E-state index contributed by atoms with van der Waals surface area (Å²) in [5.41, 5.74) is 1.10. The summed E-state index contributed by atoms with van der Waals surface area (Å²) in [5.74, 6) is 1.94. The number of piperidine rings is 2. The smallest absolute Gasteiger partial charge is 0.222 e. The Morgan fingerprint density at radius 1 is 1.48 bits per heavy atom. The SMILES string of the molecule is Cc1csc(C2CCCN(C(=O)CC(C)C3CCCNC3)C2)n1. The molecule has 1 aromatic rings. The number of hydrogen-bond donors (Lipinski definition) is 1. The Balaban J connectivity index is 1.54. The van der Waals surface area contributed by atoms with Crippen molar-refractivity contribution < 1.29 is 4.79 Å². The topological polar surface area (TPSA) is 45.2 Å². The van der Waals surface area contributed by atoms with Crippen LogP contribution in [0.25, 0.3) is 0 Å². The molecule has 0 aromatic carbocycles. The molecule has 4 nitrogen and oxygen atoms in total. The van der Waals surface area contributed by atoms with Crippen LogP contribution in [0.1, 0.15) is 55.6 Å². The molecule has 0 bridgehead atoms. The van der Waals surface area contributed by atoms with E-state index in [2.05, 4.69) is 27.5 Å².